The fourth-order valence-electron chi connectivity index (χ4n) is 5.90. The van der Waals surface area contributed by atoms with Gasteiger partial charge in [0.1, 0.15) is 6.10 Å². The Morgan fingerprint density at radius 3 is 1.26 bits per heavy atom. The Kier molecular flexibility index (Phi) is 34.1. The van der Waals surface area contributed by atoms with Gasteiger partial charge in [0.25, 0.3) is 0 Å². The average Bonchev–Trinajstić information content (AvgIpc) is 2.98. The number of carboxylic acids is 1. The van der Waals surface area contributed by atoms with Crippen molar-refractivity contribution in [3.8, 4) is 0 Å². The summed E-state index contributed by atoms with van der Waals surface area (Å²) in [6, 6.07) is 0. The molecule has 0 spiro atoms. The van der Waals surface area contributed by atoms with Gasteiger partial charge in [-0.15, -0.1) is 0 Å². The van der Waals surface area contributed by atoms with Gasteiger partial charge in [-0.3, -0.25) is 9.59 Å². The Labute approximate surface area is 268 Å². The SMILES string of the molecule is CCCCCCCC/C=C\CCCCCCCCCCCCC(=O)OC(CCCCCCCCCCCCC)CC(=O)O. The molecule has 0 amide bonds. The number of carbonyl (C=O) groups excluding carboxylic acids is 1. The maximum Gasteiger partial charge on any atom is 0.307 e. The summed E-state index contributed by atoms with van der Waals surface area (Å²) in [5.41, 5.74) is 0. The maximum absolute atomic E-state index is 12.3. The highest BCUT2D eigenvalue weighted by molar-refractivity contribution is 5.71. The summed E-state index contributed by atoms with van der Waals surface area (Å²) in [6.45, 7) is 4.53. The van der Waals surface area contributed by atoms with E-state index >= 15 is 0 Å². The molecule has 0 aromatic heterocycles. The van der Waals surface area contributed by atoms with Gasteiger partial charge in [-0.2, -0.15) is 0 Å². The van der Waals surface area contributed by atoms with Crippen molar-refractivity contribution in [1.29, 1.82) is 0 Å². The summed E-state index contributed by atoms with van der Waals surface area (Å²) in [4.78, 5) is 23.6. The van der Waals surface area contributed by atoms with Crippen LogP contribution >= 0.6 is 0 Å². The van der Waals surface area contributed by atoms with E-state index in [-0.39, 0.29) is 12.4 Å². The van der Waals surface area contributed by atoms with E-state index in [2.05, 4.69) is 26.0 Å². The first-order chi connectivity index (χ1) is 21.1. The largest absolute Gasteiger partial charge is 0.481 e. The maximum atomic E-state index is 12.3. The van der Waals surface area contributed by atoms with Gasteiger partial charge in [-0.1, -0.05) is 174 Å². The number of carboxylic acid groups (broad SMARTS) is 1. The van der Waals surface area contributed by atoms with E-state index in [4.69, 9.17) is 4.74 Å². The third-order valence-electron chi connectivity index (χ3n) is 8.72. The van der Waals surface area contributed by atoms with Gasteiger partial charge in [0.05, 0.1) is 6.42 Å². The lowest BCUT2D eigenvalue weighted by molar-refractivity contribution is -0.153. The van der Waals surface area contributed by atoms with Crippen LogP contribution in [0.25, 0.3) is 0 Å². The fourth-order valence-corrected chi connectivity index (χ4v) is 5.90. The molecule has 1 N–H and O–H groups in total. The smallest absolute Gasteiger partial charge is 0.307 e. The molecule has 0 aliphatic carbocycles. The van der Waals surface area contributed by atoms with E-state index < -0.39 is 12.1 Å². The van der Waals surface area contributed by atoms with Crippen LogP contribution in [0.1, 0.15) is 219 Å². The second-order valence-electron chi connectivity index (χ2n) is 13.1. The third kappa shape index (κ3) is 35.0. The van der Waals surface area contributed by atoms with Crippen LogP contribution in [-0.2, 0) is 14.3 Å². The number of rotatable bonds is 35. The van der Waals surface area contributed by atoms with Gasteiger partial charge in [0.2, 0.25) is 0 Å². The first kappa shape index (κ1) is 41.7. The van der Waals surface area contributed by atoms with Crippen molar-refractivity contribution in [2.24, 2.45) is 0 Å². The number of hydrogen-bond donors (Lipinski definition) is 1. The summed E-state index contributed by atoms with van der Waals surface area (Å²) in [5.74, 6) is -1.09. The summed E-state index contributed by atoms with van der Waals surface area (Å²) in [7, 11) is 0. The monoisotopic (exact) mass is 607 g/mol. The van der Waals surface area contributed by atoms with E-state index in [1.54, 1.807) is 0 Å². The number of allylic oxidation sites excluding steroid dienone is 2. The van der Waals surface area contributed by atoms with Crippen LogP contribution in [0.2, 0.25) is 0 Å². The molecule has 0 bridgehead atoms. The molecular weight excluding hydrogens is 532 g/mol. The van der Waals surface area contributed by atoms with Gasteiger partial charge >= 0.3 is 11.9 Å². The minimum atomic E-state index is -0.878. The van der Waals surface area contributed by atoms with Gasteiger partial charge < -0.3 is 9.84 Å². The van der Waals surface area contributed by atoms with Crippen LogP contribution in [0.15, 0.2) is 12.2 Å². The quantitative estimate of drug-likeness (QED) is 0.0443. The second-order valence-corrected chi connectivity index (χ2v) is 13.1. The average molecular weight is 607 g/mol. The van der Waals surface area contributed by atoms with Crippen LogP contribution in [0.3, 0.4) is 0 Å². The van der Waals surface area contributed by atoms with E-state index in [9.17, 15) is 14.7 Å². The molecule has 0 fully saturated rings. The fraction of sp³-hybridized carbons (Fsp3) is 0.897. The van der Waals surface area contributed by atoms with E-state index in [1.807, 2.05) is 0 Å². The van der Waals surface area contributed by atoms with E-state index in [1.165, 1.54) is 161 Å². The number of aliphatic carboxylic acids is 1. The van der Waals surface area contributed by atoms with Gasteiger partial charge in [0.15, 0.2) is 0 Å². The molecular formula is C39H74O4. The van der Waals surface area contributed by atoms with E-state index in [0.717, 1.165) is 25.7 Å². The molecule has 0 aromatic rings. The Morgan fingerprint density at radius 1 is 0.512 bits per heavy atom. The highest BCUT2D eigenvalue weighted by Crippen LogP contribution is 2.17. The lowest BCUT2D eigenvalue weighted by Crippen LogP contribution is -2.21. The standard InChI is InChI=1S/C39H74O4/c1-3-5-7-9-11-13-15-16-17-18-19-20-21-22-23-25-27-29-31-33-35-39(42)43-37(36-38(40)41)34-32-30-28-26-24-14-12-10-8-6-4-2/h16-17,37H,3-15,18-36H2,1-2H3,(H,40,41)/b17-16-. The van der Waals surface area contributed by atoms with Crippen molar-refractivity contribution in [3.05, 3.63) is 12.2 Å². The van der Waals surface area contributed by atoms with Crippen LogP contribution in [0, 0.1) is 0 Å². The van der Waals surface area contributed by atoms with Crippen LogP contribution in [0.4, 0.5) is 0 Å². The van der Waals surface area contributed by atoms with Crippen LogP contribution < -0.4 is 0 Å². The predicted octanol–water partition coefficient (Wildman–Crippen LogP) is 13.1. The molecule has 1 unspecified atom stereocenters. The topological polar surface area (TPSA) is 63.6 Å². The zero-order valence-corrected chi connectivity index (χ0v) is 29.0. The molecule has 0 aliphatic heterocycles. The Morgan fingerprint density at radius 2 is 0.860 bits per heavy atom. The minimum absolute atomic E-state index is 0.0700. The highest BCUT2D eigenvalue weighted by Gasteiger charge is 2.17. The Bertz CT molecular complexity index is 614. The molecule has 4 heteroatoms. The lowest BCUT2D eigenvalue weighted by atomic mass is 10.0. The van der Waals surface area contributed by atoms with Crippen molar-refractivity contribution in [2.75, 3.05) is 0 Å². The van der Waals surface area contributed by atoms with Gasteiger partial charge in [-0.05, 0) is 44.9 Å². The van der Waals surface area contributed by atoms with Gasteiger partial charge in [-0.25, -0.2) is 0 Å². The first-order valence-corrected chi connectivity index (χ1v) is 19.2. The molecule has 0 rings (SSSR count). The zero-order chi connectivity index (χ0) is 31.5. The van der Waals surface area contributed by atoms with Crippen molar-refractivity contribution in [1.82, 2.24) is 0 Å². The Hall–Kier alpha value is -1.32. The summed E-state index contributed by atoms with van der Waals surface area (Å²) < 4.78 is 5.57. The minimum Gasteiger partial charge on any atom is -0.481 e. The number of ether oxygens (including phenoxy) is 1. The summed E-state index contributed by atoms with van der Waals surface area (Å²) >= 11 is 0. The molecule has 0 aliphatic rings. The molecule has 0 saturated carbocycles. The Balaban J connectivity index is 3.58. The first-order valence-electron chi connectivity index (χ1n) is 19.2. The molecule has 0 heterocycles. The molecule has 1 atom stereocenters. The molecule has 0 radical (unpaired) electrons. The van der Waals surface area contributed by atoms with Crippen molar-refractivity contribution in [3.63, 3.8) is 0 Å². The van der Waals surface area contributed by atoms with Crippen LogP contribution in [-0.4, -0.2) is 23.1 Å². The number of hydrogen-bond acceptors (Lipinski definition) is 3. The molecule has 254 valence electrons. The van der Waals surface area contributed by atoms with Crippen LogP contribution in [0.5, 0.6) is 0 Å². The summed E-state index contributed by atoms with van der Waals surface area (Å²) in [5, 5.41) is 9.23. The predicted molar refractivity (Wildman–Crippen MR) is 186 cm³/mol. The van der Waals surface area contributed by atoms with Crippen molar-refractivity contribution in [2.45, 2.75) is 225 Å². The number of esters is 1. The lowest BCUT2D eigenvalue weighted by Gasteiger charge is -2.16. The van der Waals surface area contributed by atoms with Crippen molar-refractivity contribution >= 4 is 11.9 Å². The van der Waals surface area contributed by atoms with Gasteiger partial charge in [0, 0.05) is 6.42 Å². The zero-order valence-electron chi connectivity index (χ0n) is 29.0. The molecule has 4 nitrogen and oxygen atoms in total. The second kappa shape index (κ2) is 35.2. The highest BCUT2D eigenvalue weighted by atomic mass is 16.5. The number of carbonyl (C=O) groups is 2. The molecule has 0 aromatic carbocycles. The van der Waals surface area contributed by atoms with E-state index in [0.29, 0.717) is 12.8 Å². The number of unbranched alkanes of at least 4 members (excludes halogenated alkanes) is 26. The summed E-state index contributed by atoms with van der Waals surface area (Å²) in [6.07, 6.45) is 42.4. The molecule has 43 heavy (non-hydrogen) atoms. The molecule has 0 saturated heterocycles. The normalized spacial score (nSPS) is 12.2. The third-order valence-corrected chi connectivity index (χ3v) is 8.72. The van der Waals surface area contributed by atoms with Crippen molar-refractivity contribution < 1.29 is 19.4 Å².